The van der Waals surface area contributed by atoms with Crippen LogP contribution < -0.4 is 5.73 Å². The number of rotatable bonds is 5. The second-order valence-electron chi connectivity index (χ2n) is 6.82. The topological polar surface area (TPSA) is 29.3 Å². The van der Waals surface area contributed by atoms with Gasteiger partial charge in [0.15, 0.2) is 0 Å². The van der Waals surface area contributed by atoms with E-state index in [0.717, 1.165) is 18.4 Å². The predicted octanol–water partition coefficient (Wildman–Crippen LogP) is 3.80. The van der Waals surface area contributed by atoms with Crippen molar-refractivity contribution in [3.05, 3.63) is 0 Å². The minimum atomic E-state index is 0.681. The lowest BCUT2D eigenvalue weighted by Crippen LogP contribution is -2.49. The number of likely N-dealkylation sites (tertiary alicyclic amines) is 1. The molecule has 1 aliphatic heterocycles. The van der Waals surface area contributed by atoms with Gasteiger partial charge in [-0.25, -0.2) is 0 Å². The summed E-state index contributed by atoms with van der Waals surface area (Å²) >= 11 is 0. The van der Waals surface area contributed by atoms with E-state index in [1.165, 1.54) is 77.3 Å². The summed E-state index contributed by atoms with van der Waals surface area (Å²) in [7, 11) is 0. The van der Waals surface area contributed by atoms with Gasteiger partial charge in [0.05, 0.1) is 0 Å². The maximum Gasteiger partial charge on any atom is 0.0246 e. The van der Waals surface area contributed by atoms with E-state index in [9.17, 15) is 0 Å². The second-order valence-corrected chi connectivity index (χ2v) is 6.82. The van der Waals surface area contributed by atoms with E-state index in [-0.39, 0.29) is 0 Å². The molecule has 1 unspecified atom stereocenters. The van der Waals surface area contributed by atoms with E-state index < -0.39 is 0 Å². The zero-order chi connectivity index (χ0) is 13.5. The van der Waals surface area contributed by atoms with Crippen LogP contribution in [0, 0.1) is 11.8 Å². The molecule has 2 aliphatic rings. The highest BCUT2D eigenvalue weighted by Gasteiger charge is 2.29. The summed E-state index contributed by atoms with van der Waals surface area (Å²) < 4.78 is 0. The SMILES string of the molecule is CCCC1CCN(C(CN)C2CCCCCC2)CC1. The van der Waals surface area contributed by atoms with Gasteiger partial charge in [-0.1, -0.05) is 45.4 Å². The molecule has 0 amide bonds. The van der Waals surface area contributed by atoms with Gasteiger partial charge in [0.25, 0.3) is 0 Å². The van der Waals surface area contributed by atoms with E-state index in [0.29, 0.717) is 6.04 Å². The molecule has 112 valence electrons. The fourth-order valence-electron chi connectivity index (χ4n) is 4.32. The monoisotopic (exact) mass is 266 g/mol. The molecule has 2 rings (SSSR count). The average Bonchev–Trinajstić information content (AvgIpc) is 2.71. The first-order chi connectivity index (χ1) is 9.35. The molecule has 0 radical (unpaired) electrons. The van der Waals surface area contributed by atoms with Crippen LogP contribution in [0.25, 0.3) is 0 Å². The van der Waals surface area contributed by atoms with E-state index in [2.05, 4.69) is 11.8 Å². The quantitative estimate of drug-likeness (QED) is 0.767. The lowest BCUT2D eigenvalue weighted by atomic mass is 9.87. The summed E-state index contributed by atoms with van der Waals surface area (Å²) in [5.41, 5.74) is 6.14. The van der Waals surface area contributed by atoms with Crippen LogP contribution in [0.4, 0.5) is 0 Å². The van der Waals surface area contributed by atoms with Crippen molar-refractivity contribution in [1.29, 1.82) is 0 Å². The average molecular weight is 266 g/mol. The molecular formula is C17H34N2. The fourth-order valence-corrected chi connectivity index (χ4v) is 4.32. The van der Waals surface area contributed by atoms with Gasteiger partial charge in [0.1, 0.15) is 0 Å². The molecular weight excluding hydrogens is 232 g/mol. The Kier molecular flexibility index (Phi) is 6.66. The minimum absolute atomic E-state index is 0.681. The number of piperidine rings is 1. The lowest BCUT2D eigenvalue weighted by Gasteiger charge is -2.40. The van der Waals surface area contributed by atoms with Crippen molar-refractivity contribution in [2.45, 2.75) is 77.2 Å². The smallest absolute Gasteiger partial charge is 0.0246 e. The summed E-state index contributed by atoms with van der Waals surface area (Å²) in [6, 6.07) is 0.681. The van der Waals surface area contributed by atoms with E-state index in [4.69, 9.17) is 5.73 Å². The second kappa shape index (κ2) is 8.26. The van der Waals surface area contributed by atoms with Crippen LogP contribution in [0.3, 0.4) is 0 Å². The largest absolute Gasteiger partial charge is 0.329 e. The van der Waals surface area contributed by atoms with Gasteiger partial charge < -0.3 is 5.73 Å². The van der Waals surface area contributed by atoms with Gasteiger partial charge >= 0.3 is 0 Å². The highest BCUT2D eigenvalue weighted by Crippen LogP contribution is 2.30. The Morgan fingerprint density at radius 1 is 1.00 bits per heavy atom. The molecule has 0 aromatic heterocycles. The summed E-state index contributed by atoms with van der Waals surface area (Å²) in [6.45, 7) is 5.82. The maximum atomic E-state index is 6.14. The molecule has 1 aliphatic carbocycles. The summed E-state index contributed by atoms with van der Waals surface area (Å²) in [5.74, 6) is 1.88. The van der Waals surface area contributed by atoms with Crippen molar-refractivity contribution in [3.8, 4) is 0 Å². The minimum Gasteiger partial charge on any atom is -0.329 e. The zero-order valence-electron chi connectivity index (χ0n) is 12.9. The van der Waals surface area contributed by atoms with Crippen LogP contribution in [0.5, 0.6) is 0 Å². The Balaban J connectivity index is 1.84. The van der Waals surface area contributed by atoms with Gasteiger partial charge in [0.2, 0.25) is 0 Å². The molecule has 2 nitrogen and oxygen atoms in total. The van der Waals surface area contributed by atoms with Crippen molar-refractivity contribution in [2.75, 3.05) is 19.6 Å². The molecule has 0 bridgehead atoms. The van der Waals surface area contributed by atoms with Gasteiger partial charge in [0, 0.05) is 12.6 Å². The van der Waals surface area contributed by atoms with Gasteiger partial charge in [-0.3, -0.25) is 4.90 Å². The molecule has 0 aromatic carbocycles. The zero-order valence-corrected chi connectivity index (χ0v) is 12.9. The molecule has 0 aromatic rings. The lowest BCUT2D eigenvalue weighted by molar-refractivity contribution is 0.0900. The van der Waals surface area contributed by atoms with Crippen molar-refractivity contribution in [1.82, 2.24) is 4.90 Å². The maximum absolute atomic E-state index is 6.14. The normalized spacial score (nSPS) is 26.2. The number of hydrogen-bond acceptors (Lipinski definition) is 2. The first-order valence-corrected chi connectivity index (χ1v) is 8.79. The first-order valence-electron chi connectivity index (χ1n) is 8.79. The Hall–Kier alpha value is -0.0800. The molecule has 0 spiro atoms. The molecule has 2 heteroatoms. The van der Waals surface area contributed by atoms with Crippen LogP contribution in [0.1, 0.15) is 71.1 Å². The van der Waals surface area contributed by atoms with Gasteiger partial charge in [-0.15, -0.1) is 0 Å². The first kappa shape index (κ1) is 15.3. The predicted molar refractivity (Wildman–Crippen MR) is 83.2 cm³/mol. The number of nitrogens with two attached hydrogens (primary N) is 1. The Morgan fingerprint density at radius 3 is 2.16 bits per heavy atom. The van der Waals surface area contributed by atoms with Crippen molar-refractivity contribution in [3.63, 3.8) is 0 Å². The molecule has 1 atom stereocenters. The van der Waals surface area contributed by atoms with E-state index in [1.807, 2.05) is 0 Å². The Labute approximate surface area is 120 Å². The third-order valence-electron chi connectivity index (χ3n) is 5.50. The molecule has 2 N–H and O–H groups in total. The summed E-state index contributed by atoms with van der Waals surface area (Å²) in [4.78, 5) is 2.74. The highest BCUT2D eigenvalue weighted by atomic mass is 15.2. The molecule has 1 saturated carbocycles. The van der Waals surface area contributed by atoms with Crippen molar-refractivity contribution < 1.29 is 0 Å². The molecule has 1 heterocycles. The van der Waals surface area contributed by atoms with Crippen LogP contribution >= 0.6 is 0 Å². The Morgan fingerprint density at radius 2 is 1.63 bits per heavy atom. The van der Waals surface area contributed by atoms with Crippen molar-refractivity contribution in [2.24, 2.45) is 17.6 Å². The summed E-state index contributed by atoms with van der Waals surface area (Å²) in [6.07, 6.45) is 14.2. The molecule has 1 saturated heterocycles. The van der Waals surface area contributed by atoms with Crippen LogP contribution in [0.2, 0.25) is 0 Å². The molecule has 19 heavy (non-hydrogen) atoms. The third-order valence-corrected chi connectivity index (χ3v) is 5.50. The van der Waals surface area contributed by atoms with Crippen LogP contribution in [-0.2, 0) is 0 Å². The standard InChI is InChI=1S/C17H34N2/c1-2-7-15-10-12-19(13-11-15)17(14-18)16-8-5-3-4-6-9-16/h15-17H,2-14,18H2,1H3. The van der Waals surface area contributed by atoms with E-state index in [1.54, 1.807) is 0 Å². The third kappa shape index (κ3) is 4.46. The van der Waals surface area contributed by atoms with Crippen LogP contribution in [-0.4, -0.2) is 30.6 Å². The van der Waals surface area contributed by atoms with Crippen LogP contribution in [0.15, 0.2) is 0 Å². The molecule has 2 fully saturated rings. The van der Waals surface area contributed by atoms with E-state index >= 15 is 0 Å². The highest BCUT2D eigenvalue weighted by molar-refractivity contribution is 4.85. The van der Waals surface area contributed by atoms with Crippen molar-refractivity contribution >= 4 is 0 Å². The number of hydrogen-bond donors (Lipinski definition) is 1. The van der Waals surface area contributed by atoms with Gasteiger partial charge in [-0.05, 0) is 50.6 Å². The summed E-state index contributed by atoms with van der Waals surface area (Å²) in [5, 5.41) is 0. The Bertz CT molecular complexity index is 225. The van der Waals surface area contributed by atoms with Gasteiger partial charge in [-0.2, -0.15) is 0 Å². The fraction of sp³-hybridized carbons (Fsp3) is 1.00. The number of nitrogens with zero attached hydrogens (tertiary/aromatic N) is 1.